The maximum absolute atomic E-state index is 12.1. The highest BCUT2D eigenvalue weighted by Gasteiger charge is 2.19. The highest BCUT2D eigenvalue weighted by molar-refractivity contribution is 7.99. The summed E-state index contributed by atoms with van der Waals surface area (Å²) in [6.45, 7) is 2.12. The lowest BCUT2D eigenvalue weighted by Crippen LogP contribution is -2.06. The Morgan fingerprint density at radius 2 is 2.23 bits per heavy atom. The Morgan fingerprint density at radius 3 is 2.82 bits per heavy atom. The minimum absolute atomic E-state index is 0.321. The van der Waals surface area contributed by atoms with Gasteiger partial charge in [0.05, 0.1) is 17.7 Å². The molecule has 0 saturated heterocycles. The number of aromatic nitrogens is 1. The molecule has 1 aliphatic rings. The van der Waals surface area contributed by atoms with E-state index in [9.17, 15) is 4.79 Å². The molecule has 3 nitrogen and oxygen atoms in total. The average Bonchev–Trinajstić information content (AvgIpc) is 3.04. The lowest BCUT2D eigenvalue weighted by Gasteiger charge is -2.10. The quantitative estimate of drug-likeness (QED) is 0.416. The number of thioether (sulfide) groups is 1. The van der Waals surface area contributed by atoms with Crippen molar-refractivity contribution in [3.8, 4) is 0 Å². The topological polar surface area (TPSA) is 39.2 Å². The molecule has 5 heteroatoms. The van der Waals surface area contributed by atoms with Crippen molar-refractivity contribution >= 4 is 34.9 Å². The number of halogens is 1. The molecule has 0 bridgehead atoms. The Kier molecular flexibility index (Phi) is 6.77. The Labute approximate surface area is 141 Å². The van der Waals surface area contributed by atoms with Gasteiger partial charge in [0.1, 0.15) is 5.03 Å². The van der Waals surface area contributed by atoms with Gasteiger partial charge in [-0.05, 0) is 37.0 Å². The first-order valence-corrected chi connectivity index (χ1v) is 9.11. The van der Waals surface area contributed by atoms with E-state index in [0.29, 0.717) is 16.5 Å². The summed E-state index contributed by atoms with van der Waals surface area (Å²) in [5.41, 5.74) is 1.32. The van der Waals surface area contributed by atoms with Crippen molar-refractivity contribution in [2.75, 3.05) is 12.9 Å². The second-order valence-corrected chi connectivity index (χ2v) is 6.97. The van der Waals surface area contributed by atoms with Crippen molar-refractivity contribution < 1.29 is 9.53 Å². The molecule has 1 heterocycles. The predicted molar refractivity (Wildman–Crippen MR) is 92.2 cm³/mol. The molecule has 1 fully saturated rings. The van der Waals surface area contributed by atoms with Crippen LogP contribution in [-0.2, 0) is 9.53 Å². The van der Waals surface area contributed by atoms with Crippen molar-refractivity contribution in [1.29, 1.82) is 0 Å². The number of esters is 1. The fourth-order valence-electron chi connectivity index (χ4n) is 2.63. The zero-order valence-electron chi connectivity index (χ0n) is 13.1. The van der Waals surface area contributed by atoms with Crippen molar-refractivity contribution in [3.63, 3.8) is 0 Å². The van der Waals surface area contributed by atoms with Crippen LogP contribution >= 0.6 is 23.4 Å². The third-order valence-corrected chi connectivity index (χ3v) is 5.38. The summed E-state index contributed by atoms with van der Waals surface area (Å²) in [7, 11) is 1.41. The SMILES string of the molecule is CCCSc1ncc(C(=CC2CCCC2)C(=O)OC)cc1Cl. The summed E-state index contributed by atoms with van der Waals surface area (Å²) in [6.07, 6.45) is 9.53. The number of pyridine rings is 1. The van der Waals surface area contributed by atoms with Crippen LogP contribution in [-0.4, -0.2) is 23.8 Å². The van der Waals surface area contributed by atoms with Gasteiger partial charge < -0.3 is 4.74 Å². The smallest absolute Gasteiger partial charge is 0.338 e. The number of rotatable bonds is 6. The standard InChI is InChI=1S/C17H22ClNO2S/c1-3-8-22-16-15(18)10-13(11-19-16)14(17(20)21-2)9-12-6-4-5-7-12/h9-12H,3-8H2,1-2H3. The molecule has 1 aromatic heterocycles. The largest absolute Gasteiger partial charge is 0.465 e. The molecule has 0 unspecified atom stereocenters. The van der Waals surface area contributed by atoms with E-state index in [1.54, 1.807) is 18.0 Å². The maximum Gasteiger partial charge on any atom is 0.338 e. The first kappa shape index (κ1) is 17.4. The number of nitrogens with zero attached hydrogens (tertiary/aromatic N) is 1. The van der Waals surface area contributed by atoms with Crippen LogP contribution in [0.15, 0.2) is 23.4 Å². The normalized spacial score (nSPS) is 16.0. The molecule has 22 heavy (non-hydrogen) atoms. The summed E-state index contributed by atoms with van der Waals surface area (Å²) in [5.74, 6) is 1.11. The molecule has 2 rings (SSSR count). The molecule has 0 aliphatic heterocycles. The molecule has 0 amide bonds. The zero-order valence-corrected chi connectivity index (χ0v) is 14.7. The lowest BCUT2D eigenvalue weighted by atomic mass is 10.00. The summed E-state index contributed by atoms with van der Waals surface area (Å²) >= 11 is 7.95. The molecule has 0 atom stereocenters. The van der Waals surface area contributed by atoms with Gasteiger partial charge >= 0.3 is 5.97 Å². The van der Waals surface area contributed by atoms with Gasteiger partial charge in [-0.3, -0.25) is 0 Å². The molecular formula is C17H22ClNO2S. The number of ether oxygens (including phenoxy) is 1. The van der Waals surface area contributed by atoms with Crippen LogP contribution in [0, 0.1) is 5.92 Å². The molecule has 1 aromatic rings. The maximum atomic E-state index is 12.1. The van der Waals surface area contributed by atoms with Crippen LogP contribution < -0.4 is 0 Å². The second kappa shape index (κ2) is 8.59. The number of hydrogen-bond acceptors (Lipinski definition) is 4. The van der Waals surface area contributed by atoms with E-state index in [-0.39, 0.29) is 5.97 Å². The summed E-state index contributed by atoms with van der Waals surface area (Å²) in [4.78, 5) is 16.5. The first-order chi connectivity index (χ1) is 10.7. The Morgan fingerprint density at radius 1 is 1.50 bits per heavy atom. The van der Waals surface area contributed by atoms with Crippen LogP contribution in [0.4, 0.5) is 0 Å². The summed E-state index contributed by atoms with van der Waals surface area (Å²) in [5, 5.41) is 1.41. The van der Waals surface area contributed by atoms with Crippen LogP contribution in [0.5, 0.6) is 0 Å². The van der Waals surface area contributed by atoms with Crippen molar-refractivity contribution in [2.24, 2.45) is 5.92 Å². The fourth-order valence-corrected chi connectivity index (χ4v) is 3.68. The Hall–Kier alpha value is -1.00. The van der Waals surface area contributed by atoms with E-state index in [0.717, 1.165) is 35.6 Å². The third kappa shape index (κ3) is 4.50. The van der Waals surface area contributed by atoms with Crippen LogP contribution in [0.3, 0.4) is 0 Å². The predicted octanol–water partition coefficient (Wildman–Crippen LogP) is 4.98. The van der Waals surface area contributed by atoms with E-state index in [4.69, 9.17) is 16.3 Å². The molecule has 0 aromatic carbocycles. The third-order valence-electron chi connectivity index (χ3n) is 3.77. The van der Waals surface area contributed by atoms with Crippen LogP contribution in [0.2, 0.25) is 5.02 Å². The van der Waals surface area contributed by atoms with Crippen molar-refractivity contribution in [2.45, 2.75) is 44.1 Å². The van der Waals surface area contributed by atoms with Crippen molar-refractivity contribution in [3.05, 3.63) is 28.9 Å². The van der Waals surface area contributed by atoms with E-state index in [2.05, 4.69) is 11.9 Å². The van der Waals surface area contributed by atoms with Crippen LogP contribution in [0.25, 0.3) is 5.57 Å². The molecule has 0 spiro atoms. The molecular weight excluding hydrogens is 318 g/mol. The van der Waals surface area contributed by atoms with Gasteiger partial charge in [0.15, 0.2) is 0 Å². The van der Waals surface area contributed by atoms with Gasteiger partial charge in [-0.25, -0.2) is 9.78 Å². The Bertz CT molecular complexity index is 554. The second-order valence-electron chi connectivity index (χ2n) is 5.48. The fraction of sp³-hybridized carbons (Fsp3) is 0.529. The van der Waals surface area contributed by atoms with Crippen LogP contribution in [0.1, 0.15) is 44.6 Å². The minimum atomic E-state index is -0.321. The van der Waals surface area contributed by atoms with E-state index >= 15 is 0 Å². The van der Waals surface area contributed by atoms with E-state index in [1.165, 1.54) is 20.0 Å². The number of hydrogen-bond donors (Lipinski definition) is 0. The van der Waals surface area contributed by atoms with E-state index in [1.807, 2.05) is 12.1 Å². The van der Waals surface area contributed by atoms with Gasteiger partial charge in [-0.2, -0.15) is 0 Å². The number of carbonyl (C=O) groups excluding carboxylic acids is 1. The highest BCUT2D eigenvalue weighted by Crippen LogP contribution is 2.32. The molecule has 1 aliphatic carbocycles. The van der Waals surface area contributed by atoms with Gasteiger partial charge in [0.25, 0.3) is 0 Å². The first-order valence-electron chi connectivity index (χ1n) is 7.74. The number of carbonyl (C=O) groups is 1. The number of allylic oxidation sites excluding steroid dienone is 1. The molecule has 120 valence electrons. The van der Waals surface area contributed by atoms with E-state index < -0.39 is 0 Å². The monoisotopic (exact) mass is 339 g/mol. The van der Waals surface area contributed by atoms with Gasteiger partial charge in [0, 0.05) is 11.8 Å². The highest BCUT2D eigenvalue weighted by atomic mass is 35.5. The summed E-state index contributed by atoms with van der Waals surface area (Å²) < 4.78 is 4.93. The zero-order chi connectivity index (χ0) is 15.9. The van der Waals surface area contributed by atoms with Gasteiger partial charge in [-0.1, -0.05) is 37.4 Å². The molecule has 0 N–H and O–H groups in total. The minimum Gasteiger partial charge on any atom is -0.465 e. The molecule has 0 radical (unpaired) electrons. The molecule has 1 saturated carbocycles. The average molecular weight is 340 g/mol. The Balaban J connectivity index is 2.27. The van der Waals surface area contributed by atoms with Gasteiger partial charge in [0.2, 0.25) is 0 Å². The lowest BCUT2D eigenvalue weighted by molar-refractivity contribution is -0.133. The van der Waals surface area contributed by atoms with Crippen molar-refractivity contribution in [1.82, 2.24) is 4.98 Å². The summed E-state index contributed by atoms with van der Waals surface area (Å²) in [6, 6.07) is 1.82. The van der Waals surface area contributed by atoms with Gasteiger partial charge in [-0.15, -0.1) is 11.8 Å². The number of methoxy groups -OCH3 is 1.